The van der Waals surface area contributed by atoms with Gasteiger partial charge in [0, 0.05) is 12.2 Å². The van der Waals surface area contributed by atoms with Gasteiger partial charge in [-0.2, -0.15) is 5.10 Å². The van der Waals surface area contributed by atoms with Gasteiger partial charge in [-0.15, -0.1) is 0 Å². The molecule has 0 aliphatic heterocycles. The average molecular weight is 161 g/mol. The minimum atomic E-state index is 0.402. The van der Waals surface area contributed by atoms with E-state index < -0.39 is 0 Å². The topological polar surface area (TPSA) is 30.7 Å². The molecule has 62 valence electrons. The minimum Gasteiger partial charge on any atom is -0.267 e. The Bertz CT molecular complexity index is 356. The minimum absolute atomic E-state index is 0.402. The summed E-state index contributed by atoms with van der Waals surface area (Å²) in [6.07, 6.45) is 3.76. The summed E-state index contributed by atoms with van der Waals surface area (Å²) in [6.45, 7) is 4.21. The van der Waals surface area contributed by atoms with Gasteiger partial charge in [-0.1, -0.05) is 0 Å². The Balaban J connectivity index is 2.62. The number of hydrogen-bond donors (Lipinski definition) is 0. The van der Waals surface area contributed by atoms with E-state index in [1.165, 1.54) is 0 Å². The van der Waals surface area contributed by atoms with Gasteiger partial charge in [-0.05, 0) is 26.0 Å². The lowest BCUT2D eigenvalue weighted by Crippen LogP contribution is -1.99. The zero-order chi connectivity index (χ0) is 8.55. The van der Waals surface area contributed by atoms with E-state index in [0.29, 0.717) is 6.04 Å². The molecule has 0 saturated carbocycles. The average Bonchev–Trinajstić information content (AvgIpc) is 2.46. The van der Waals surface area contributed by atoms with E-state index in [0.717, 1.165) is 11.0 Å². The molecule has 0 fully saturated rings. The van der Waals surface area contributed by atoms with Crippen LogP contribution in [0.4, 0.5) is 0 Å². The summed E-state index contributed by atoms with van der Waals surface area (Å²) in [5.41, 5.74) is 1.93. The van der Waals surface area contributed by atoms with E-state index in [1.54, 1.807) is 6.20 Å². The van der Waals surface area contributed by atoms with E-state index in [4.69, 9.17) is 0 Å². The van der Waals surface area contributed by atoms with Crippen LogP contribution in [0, 0.1) is 0 Å². The molecule has 0 saturated heterocycles. The Kier molecular flexibility index (Phi) is 1.57. The highest BCUT2D eigenvalue weighted by atomic mass is 15.3. The summed E-state index contributed by atoms with van der Waals surface area (Å²) in [4.78, 5) is 4.20. The van der Waals surface area contributed by atoms with Crippen molar-refractivity contribution >= 4 is 11.0 Å². The quantitative estimate of drug-likeness (QED) is 0.640. The zero-order valence-corrected chi connectivity index (χ0v) is 7.23. The molecule has 0 atom stereocenters. The van der Waals surface area contributed by atoms with E-state index in [-0.39, 0.29) is 0 Å². The highest BCUT2D eigenvalue weighted by molar-refractivity contribution is 5.72. The van der Waals surface area contributed by atoms with Crippen LogP contribution < -0.4 is 0 Å². The maximum absolute atomic E-state index is 4.37. The summed E-state index contributed by atoms with van der Waals surface area (Å²) in [7, 11) is 0. The van der Waals surface area contributed by atoms with Gasteiger partial charge in [0.1, 0.15) is 11.0 Å². The van der Waals surface area contributed by atoms with Gasteiger partial charge < -0.3 is 0 Å². The third kappa shape index (κ3) is 1.07. The van der Waals surface area contributed by atoms with E-state index in [2.05, 4.69) is 23.9 Å². The van der Waals surface area contributed by atoms with Crippen LogP contribution in [0.3, 0.4) is 0 Å². The van der Waals surface area contributed by atoms with Crippen molar-refractivity contribution in [1.29, 1.82) is 0 Å². The lowest BCUT2D eigenvalue weighted by atomic mass is 10.4. The monoisotopic (exact) mass is 161 g/mol. The molecule has 0 unspecified atom stereocenters. The molecule has 2 rings (SSSR count). The third-order valence-corrected chi connectivity index (χ3v) is 1.82. The van der Waals surface area contributed by atoms with Gasteiger partial charge >= 0.3 is 0 Å². The second kappa shape index (κ2) is 2.59. The molecule has 2 heterocycles. The smallest absolute Gasteiger partial charge is 0.111 e. The van der Waals surface area contributed by atoms with Gasteiger partial charge in [0.15, 0.2) is 0 Å². The van der Waals surface area contributed by atoms with Crippen LogP contribution in [0.1, 0.15) is 19.9 Å². The van der Waals surface area contributed by atoms with Crippen LogP contribution in [0.25, 0.3) is 11.0 Å². The van der Waals surface area contributed by atoms with Crippen LogP contribution in [0.2, 0.25) is 0 Å². The predicted molar refractivity (Wildman–Crippen MR) is 47.9 cm³/mol. The van der Waals surface area contributed by atoms with Crippen LogP contribution in [0.15, 0.2) is 24.5 Å². The number of fused-ring (bicyclic) bond motifs is 1. The van der Waals surface area contributed by atoms with Gasteiger partial charge in [0.25, 0.3) is 0 Å². The molecule has 0 aliphatic carbocycles. The summed E-state index contributed by atoms with van der Waals surface area (Å²) in [5.74, 6) is 0. The van der Waals surface area contributed by atoms with Gasteiger partial charge in [-0.3, -0.25) is 9.67 Å². The van der Waals surface area contributed by atoms with Gasteiger partial charge in [0.05, 0.1) is 6.20 Å². The maximum Gasteiger partial charge on any atom is 0.111 e. The number of pyridine rings is 1. The largest absolute Gasteiger partial charge is 0.267 e. The molecule has 0 amide bonds. The highest BCUT2D eigenvalue weighted by Crippen LogP contribution is 2.11. The second-order valence-corrected chi connectivity index (χ2v) is 3.11. The first-order chi connectivity index (χ1) is 5.77. The van der Waals surface area contributed by atoms with E-state index in [1.807, 2.05) is 23.0 Å². The van der Waals surface area contributed by atoms with Crippen molar-refractivity contribution in [1.82, 2.24) is 14.8 Å². The standard InChI is InChI=1S/C9H11N3/c1-7(2)12-6-9-8(11-12)4-3-5-10-9/h3-7H,1-2H3. The Morgan fingerprint density at radius 3 is 2.83 bits per heavy atom. The lowest BCUT2D eigenvalue weighted by molar-refractivity contribution is 0.537. The normalized spacial score (nSPS) is 11.2. The molecular weight excluding hydrogens is 150 g/mol. The Hall–Kier alpha value is -1.38. The van der Waals surface area contributed by atoms with Crippen LogP contribution in [0.5, 0.6) is 0 Å². The molecule has 0 radical (unpaired) electrons. The number of nitrogens with zero attached hydrogens (tertiary/aromatic N) is 3. The summed E-state index contributed by atoms with van der Waals surface area (Å²) >= 11 is 0. The Morgan fingerprint density at radius 1 is 1.33 bits per heavy atom. The molecular formula is C9H11N3. The molecule has 0 spiro atoms. The van der Waals surface area contributed by atoms with Crippen molar-refractivity contribution in [2.75, 3.05) is 0 Å². The highest BCUT2D eigenvalue weighted by Gasteiger charge is 2.02. The molecule has 2 aromatic rings. The molecule has 3 heteroatoms. The summed E-state index contributed by atoms with van der Waals surface area (Å²) in [5, 5.41) is 4.37. The molecule has 3 nitrogen and oxygen atoms in total. The van der Waals surface area contributed by atoms with Crippen molar-refractivity contribution in [2.24, 2.45) is 0 Å². The fourth-order valence-electron chi connectivity index (χ4n) is 1.14. The van der Waals surface area contributed by atoms with Crippen molar-refractivity contribution < 1.29 is 0 Å². The number of rotatable bonds is 1. The Morgan fingerprint density at radius 2 is 2.17 bits per heavy atom. The first kappa shape index (κ1) is 7.28. The maximum atomic E-state index is 4.37. The molecule has 0 bridgehead atoms. The molecule has 0 aromatic carbocycles. The van der Waals surface area contributed by atoms with E-state index in [9.17, 15) is 0 Å². The van der Waals surface area contributed by atoms with Crippen molar-refractivity contribution in [3.8, 4) is 0 Å². The van der Waals surface area contributed by atoms with Crippen LogP contribution in [-0.4, -0.2) is 14.8 Å². The SMILES string of the molecule is CC(C)n1cc2ncccc2n1. The summed E-state index contributed by atoms with van der Waals surface area (Å²) < 4.78 is 1.93. The van der Waals surface area contributed by atoms with Crippen molar-refractivity contribution in [2.45, 2.75) is 19.9 Å². The molecule has 0 N–H and O–H groups in total. The molecule has 12 heavy (non-hydrogen) atoms. The van der Waals surface area contributed by atoms with Crippen LogP contribution >= 0.6 is 0 Å². The summed E-state index contributed by atoms with van der Waals surface area (Å²) in [6, 6.07) is 4.28. The number of hydrogen-bond acceptors (Lipinski definition) is 2. The third-order valence-electron chi connectivity index (χ3n) is 1.82. The first-order valence-electron chi connectivity index (χ1n) is 4.07. The van der Waals surface area contributed by atoms with Crippen LogP contribution in [-0.2, 0) is 0 Å². The molecule has 2 aromatic heterocycles. The van der Waals surface area contributed by atoms with Gasteiger partial charge in [0.2, 0.25) is 0 Å². The Labute approximate surface area is 71.0 Å². The predicted octanol–water partition coefficient (Wildman–Crippen LogP) is 2.01. The molecule has 0 aliphatic rings. The zero-order valence-electron chi connectivity index (χ0n) is 7.23. The number of aromatic nitrogens is 3. The van der Waals surface area contributed by atoms with Crippen molar-refractivity contribution in [3.63, 3.8) is 0 Å². The lowest BCUT2D eigenvalue weighted by Gasteiger charge is -2.01. The second-order valence-electron chi connectivity index (χ2n) is 3.11. The van der Waals surface area contributed by atoms with Gasteiger partial charge in [-0.25, -0.2) is 0 Å². The van der Waals surface area contributed by atoms with E-state index >= 15 is 0 Å². The fourth-order valence-corrected chi connectivity index (χ4v) is 1.14. The van der Waals surface area contributed by atoms with Crippen molar-refractivity contribution in [3.05, 3.63) is 24.5 Å². The first-order valence-corrected chi connectivity index (χ1v) is 4.07. The fraction of sp³-hybridized carbons (Fsp3) is 0.333.